The molecule has 2 rings (SSSR count). The van der Waals surface area contributed by atoms with E-state index in [-0.39, 0.29) is 17.9 Å². The number of hydrogen-bond donors (Lipinski definition) is 1. The molecule has 0 fully saturated rings. The topological polar surface area (TPSA) is 100 Å². The number of hydrogen-bond acceptors (Lipinski definition) is 7. The first kappa shape index (κ1) is 21.7. The van der Waals surface area contributed by atoms with Crippen LogP contribution in [0.2, 0.25) is 0 Å². The van der Waals surface area contributed by atoms with Crippen LogP contribution < -0.4 is 14.8 Å². The van der Waals surface area contributed by atoms with Gasteiger partial charge in [0.25, 0.3) is 5.91 Å². The summed E-state index contributed by atoms with van der Waals surface area (Å²) in [5, 5.41) is 2.65. The molecule has 0 unspecified atom stereocenters. The molecule has 0 radical (unpaired) electrons. The van der Waals surface area contributed by atoms with Gasteiger partial charge >= 0.3 is 11.9 Å². The number of amides is 1. The van der Waals surface area contributed by atoms with E-state index in [1.165, 1.54) is 26.4 Å². The minimum atomic E-state index is -0.589. The molecule has 0 saturated heterocycles. The highest BCUT2D eigenvalue weighted by Crippen LogP contribution is 2.25. The molecule has 154 valence electrons. The van der Waals surface area contributed by atoms with Crippen molar-refractivity contribution in [3.05, 3.63) is 53.6 Å². The van der Waals surface area contributed by atoms with Crippen LogP contribution in [0.3, 0.4) is 0 Å². The summed E-state index contributed by atoms with van der Waals surface area (Å²) in [5.74, 6) is -0.807. The maximum absolute atomic E-state index is 12.2. The first-order chi connectivity index (χ1) is 14.0. The molecule has 0 aliphatic carbocycles. The van der Waals surface area contributed by atoms with Crippen LogP contribution in [0.4, 0.5) is 5.69 Å². The lowest BCUT2D eigenvalue weighted by Gasteiger charge is -2.12. The Morgan fingerprint density at radius 2 is 1.69 bits per heavy atom. The van der Waals surface area contributed by atoms with Crippen LogP contribution in [0, 0.1) is 0 Å². The smallest absolute Gasteiger partial charge is 0.341 e. The highest BCUT2D eigenvalue weighted by molar-refractivity contribution is 5.95. The first-order valence-electron chi connectivity index (χ1n) is 8.94. The molecular weight excluding hydrogens is 378 g/mol. The third-order valence-electron chi connectivity index (χ3n) is 3.79. The van der Waals surface area contributed by atoms with Crippen LogP contribution in [0.1, 0.15) is 34.1 Å². The summed E-state index contributed by atoms with van der Waals surface area (Å²) in [6.07, 6.45) is 0.741. The van der Waals surface area contributed by atoms with Crippen molar-refractivity contribution in [2.45, 2.75) is 13.3 Å². The molecule has 0 saturated carbocycles. The van der Waals surface area contributed by atoms with Crippen molar-refractivity contribution in [1.29, 1.82) is 0 Å². The largest absolute Gasteiger partial charge is 0.497 e. The van der Waals surface area contributed by atoms with E-state index in [0.29, 0.717) is 23.6 Å². The Morgan fingerprint density at radius 3 is 2.31 bits per heavy atom. The standard InChI is InChI=1S/C21H23NO7/c1-4-11-28-20(24)14-5-7-15(8-6-14)22-19(23)13-29-18-12-16(26-2)9-10-17(18)21(25)27-3/h5-10,12H,4,11,13H2,1-3H3,(H,22,23). The fraction of sp³-hybridized carbons (Fsp3) is 0.286. The molecule has 8 heteroatoms. The van der Waals surface area contributed by atoms with E-state index in [1.54, 1.807) is 30.3 Å². The molecule has 1 N–H and O–H groups in total. The lowest BCUT2D eigenvalue weighted by atomic mass is 10.2. The SMILES string of the molecule is CCCOC(=O)c1ccc(NC(=O)COc2cc(OC)ccc2C(=O)OC)cc1. The summed E-state index contributed by atoms with van der Waals surface area (Å²) in [6, 6.07) is 10.9. The molecule has 2 aromatic carbocycles. The summed E-state index contributed by atoms with van der Waals surface area (Å²) in [7, 11) is 2.73. The molecule has 0 aromatic heterocycles. The molecule has 0 atom stereocenters. The highest BCUT2D eigenvalue weighted by atomic mass is 16.5. The molecule has 0 aliphatic heterocycles. The summed E-state index contributed by atoms with van der Waals surface area (Å²) in [6.45, 7) is 1.93. The zero-order chi connectivity index (χ0) is 21.2. The minimum Gasteiger partial charge on any atom is -0.497 e. The van der Waals surface area contributed by atoms with Gasteiger partial charge in [0.05, 0.1) is 26.4 Å². The third-order valence-corrected chi connectivity index (χ3v) is 3.79. The van der Waals surface area contributed by atoms with Crippen molar-refractivity contribution in [2.75, 3.05) is 32.8 Å². The van der Waals surface area contributed by atoms with Gasteiger partial charge in [0.15, 0.2) is 6.61 Å². The molecule has 0 bridgehead atoms. The predicted molar refractivity (Wildman–Crippen MR) is 105 cm³/mol. The van der Waals surface area contributed by atoms with Crippen LogP contribution in [-0.2, 0) is 14.3 Å². The van der Waals surface area contributed by atoms with E-state index in [9.17, 15) is 14.4 Å². The van der Waals surface area contributed by atoms with E-state index in [0.717, 1.165) is 6.42 Å². The number of anilines is 1. The van der Waals surface area contributed by atoms with Crippen molar-refractivity contribution in [1.82, 2.24) is 0 Å². The third kappa shape index (κ3) is 6.24. The van der Waals surface area contributed by atoms with Gasteiger partial charge in [-0.25, -0.2) is 9.59 Å². The van der Waals surface area contributed by atoms with Crippen molar-refractivity contribution < 1.29 is 33.3 Å². The normalized spacial score (nSPS) is 10.0. The molecule has 2 aromatic rings. The Labute approximate surface area is 168 Å². The number of carbonyl (C=O) groups is 3. The summed E-state index contributed by atoms with van der Waals surface area (Å²) < 4.78 is 20.3. The van der Waals surface area contributed by atoms with Gasteiger partial charge in [-0.2, -0.15) is 0 Å². The second-order valence-corrected chi connectivity index (χ2v) is 5.90. The van der Waals surface area contributed by atoms with Gasteiger partial charge in [0.2, 0.25) is 0 Å². The molecule has 0 heterocycles. The monoisotopic (exact) mass is 401 g/mol. The number of ether oxygens (including phenoxy) is 4. The zero-order valence-electron chi connectivity index (χ0n) is 16.5. The van der Waals surface area contributed by atoms with Crippen molar-refractivity contribution in [2.24, 2.45) is 0 Å². The predicted octanol–water partition coefficient (Wildman–Crippen LogP) is 3.07. The van der Waals surface area contributed by atoms with Crippen molar-refractivity contribution in [3.63, 3.8) is 0 Å². The summed E-state index contributed by atoms with van der Waals surface area (Å²) >= 11 is 0. The highest BCUT2D eigenvalue weighted by Gasteiger charge is 2.16. The van der Waals surface area contributed by atoms with E-state index in [2.05, 4.69) is 5.32 Å². The number of nitrogens with one attached hydrogen (secondary N) is 1. The van der Waals surface area contributed by atoms with Gasteiger partial charge in [0.1, 0.15) is 17.1 Å². The van der Waals surface area contributed by atoms with Crippen LogP contribution in [0.5, 0.6) is 11.5 Å². The molecule has 29 heavy (non-hydrogen) atoms. The first-order valence-corrected chi connectivity index (χ1v) is 8.94. The van der Waals surface area contributed by atoms with Crippen molar-refractivity contribution in [3.8, 4) is 11.5 Å². The fourth-order valence-corrected chi connectivity index (χ4v) is 2.34. The average molecular weight is 401 g/mol. The van der Waals surface area contributed by atoms with Crippen LogP contribution in [0.25, 0.3) is 0 Å². The Kier molecular flexibility index (Phi) is 8.02. The summed E-state index contributed by atoms with van der Waals surface area (Å²) in [4.78, 5) is 35.8. The fourth-order valence-electron chi connectivity index (χ4n) is 2.34. The number of carbonyl (C=O) groups excluding carboxylic acids is 3. The Bertz CT molecular complexity index is 862. The molecule has 0 aliphatic rings. The molecule has 8 nitrogen and oxygen atoms in total. The number of esters is 2. The number of benzene rings is 2. The molecule has 0 spiro atoms. The lowest BCUT2D eigenvalue weighted by Crippen LogP contribution is -2.21. The Balaban J connectivity index is 1.98. The van der Waals surface area contributed by atoms with Gasteiger partial charge < -0.3 is 24.3 Å². The molecular formula is C21H23NO7. The summed E-state index contributed by atoms with van der Waals surface area (Å²) in [5.41, 5.74) is 1.06. The minimum absolute atomic E-state index is 0.167. The van der Waals surface area contributed by atoms with Crippen LogP contribution in [-0.4, -0.2) is 45.3 Å². The van der Waals surface area contributed by atoms with Gasteiger partial charge in [-0.15, -0.1) is 0 Å². The Morgan fingerprint density at radius 1 is 0.966 bits per heavy atom. The van der Waals surface area contributed by atoms with Gasteiger partial charge in [0, 0.05) is 11.8 Å². The maximum atomic E-state index is 12.2. The van der Waals surface area contributed by atoms with E-state index < -0.39 is 17.8 Å². The Hall–Kier alpha value is -3.55. The zero-order valence-corrected chi connectivity index (χ0v) is 16.5. The number of methoxy groups -OCH3 is 2. The molecule has 1 amide bonds. The van der Waals surface area contributed by atoms with Crippen LogP contribution in [0.15, 0.2) is 42.5 Å². The lowest BCUT2D eigenvalue weighted by molar-refractivity contribution is -0.118. The van der Waals surface area contributed by atoms with Gasteiger partial charge in [-0.3, -0.25) is 4.79 Å². The number of rotatable bonds is 9. The van der Waals surface area contributed by atoms with Gasteiger partial charge in [-0.1, -0.05) is 6.92 Å². The maximum Gasteiger partial charge on any atom is 0.341 e. The average Bonchev–Trinajstić information content (AvgIpc) is 2.75. The second-order valence-electron chi connectivity index (χ2n) is 5.90. The van der Waals surface area contributed by atoms with Crippen LogP contribution >= 0.6 is 0 Å². The second kappa shape index (κ2) is 10.7. The van der Waals surface area contributed by atoms with Crippen molar-refractivity contribution >= 4 is 23.5 Å². The van der Waals surface area contributed by atoms with E-state index in [4.69, 9.17) is 18.9 Å². The van der Waals surface area contributed by atoms with E-state index >= 15 is 0 Å². The van der Waals surface area contributed by atoms with E-state index in [1.807, 2.05) is 6.92 Å². The quantitative estimate of drug-likeness (QED) is 0.645. The van der Waals surface area contributed by atoms with Gasteiger partial charge in [-0.05, 0) is 42.8 Å².